The number of hydrogen-bond donors (Lipinski definition) is 1. The van der Waals surface area contributed by atoms with Gasteiger partial charge in [0.05, 0.1) is 30.8 Å². The summed E-state index contributed by atoms with van der Waals surface area (Å²) in [5.41, 5.74) is 0.196. The SMILES string of the molecule is CC(C)[C@@H]1C(=O)N(S(C)(=O)=O)[C@H]2CCN(C(=O)c3coc(CNCC4CC4)n3)[C@H]12. The molecule has 0 bridgehead atoms. The Morgan fingerprint density at radius 1 is 1.34 bits per heavy atom. The third-order valence-electron chi connectivity index (χ3n) is 6.10. The highest BCUT2D eigenvalue weighted by molar-refractivity contribution is 7.88. The van der Waals surface area contributed by atoms with Crippen LogP contribution in [0.5, 0.6) is 0 Å². The first-order chi connectivity index (χ1) is 13.7. The zero-order valence-electron chi connectivity index (χ0n) is 17.0. The van der Waals surface area contributed by atoms with E-state index in [2.05, 4.69) is 10.3 Å². The predicted molar refractivity (Wildman–Crippen MR) is 104 cm³/mol. The molecule has 3 atom stereocenters. The molecule has 2 aliphatic heterocycles. The average Bonchev–Trinajstić information content (AvgIpc) is 3.04. The van der Waals surface area contributed by atoms with Crippen molar-refractivity contribution in [2.45, 2.75) is 51.7 Å². The molecule has 29 heavy (non-hydrogen) atoms. The lowest BCUT2D eigenvalue weighted by Gasteiger charge is -2.28. The topological polar surface area (TPSA) is 113 Å². The van der Waals surface area contributed by atoms with Gasteiger partial charge < -0.3 is 14.6 Å². The molecule has 1 aliphatic carbocycles. The van der Waals surface area contributed by atoms with E-state index in [1.54, 1.807) is 4.90 Å². The van der Waals surface area contributed by atoms with Gasteiger partial charge in [-0.2, -0.15) is 0 Å². The van der Waals surface area contributed by atoms with Gasteiger partial charge in [0.25, 0.3) is 5.91 Å². The third-order valence-corrected chi connectivity index (χ3v) is 7.27. The smallest absolute Gasteiger partial charge is 0.276 e. The Morgan fingerprint density at radius 2 is 2.07 bits per heavy atom. The van der Waals surface area contributed by atoms with Crippen LogP contribution in [0, 0.1) is 17.8 Å². The van der Waals surface area contributed by atoms with Gasteiger partial charge in [0, 0.05) is 6.54 Å². The molecule has 160 valence electrons. The Morgan fingerprint density at radius 3 is 2.69 bits per heavy atom. The van der Waals surface area contributed by atoms with Crippen LogP contribution in [0.25, 0.3) is 0 Å². The molecule has 4 rings (SSSR count). The molecule has 1 N–H and O–H groups in total. The van der Waals surface area contributed by atoms with Crippen LogP contribution in [0.3, 0.4) is 0 Å². The lowest BCUT2D eigenvalue weighted by Crippen LogP contribution is -2.44. The first kappa shape index (κ1) is 20.3. The summed E-state index contributed by atoms with van der Waals surface area (Å²) in [6.07, 6.45) is 5.33. The Hall–Kier alpha value is -1.94. The minimum absolute atomic E-state index is 0.0883. The molecule has 9 nitrogen and oxygen atoms in total. The van der Waals surface area contributed by atoms with Crippen molar-refractivity contribution in [3.05, 3.63) is 17.8 Å². The maximum Gasteiger partial charge on any atom is 0.276 e. The molecular weight excluding hydrogens is 396 g/mol. The predicted octanol–water partition coefficient (Wildman–Crippen LogP) is 0.831. The number of fused-ring (bicyclic) bond motifs is 1. The summed E-state index contributed by atoms with van der Waals surface area (Å²) in [7, 11) is -3.69. The second-order valence-corrected chi connectivity index (χ2v) is 10.6. The maximum absolute atomic E-state index is 13.1. The van der Waals surface area contributed by atoms with E-state index >= 15 is 0 Å². The van der Waals surface area contributed by atoms with Crippen LogP contribution < -0.4 is 5.32 Å². The number of sulfonamides is 1. The second-order valence-electron chi connectivity index (χ2n) is 8.71. The number of rotatable bonds is 7. The second kappa shape index (κ2) is 7.39. The molecule has 2 amide bonds. The Labute approximate surface area is 170 Å². The van der Waals surface area contributed by atoms with Crippen molar-refractivity contribution in [2.75, 3.05) is 19.3 Å². The Balaban J connectivity index is 1.52. The van der Waals surface area contributed by atoms with Crippen molar-refractivity contribution < 1.29 is 22.4 Å². The number of hydrogen-bond acceptors (Lipinski definition) is 7. The van der Waals surface area contributed by atoms with Gasteiger partial charge in [0.1, 0.15) is 6.26 Å². The number of nitrogens with zero attached hydrogens (tertiary/aromatic N) is 3. The maximum atomic E-state index is 13.1. The first-order valence-corrected chi connectivity index (χ1v) is 12.0. The molecule has 0 radical (unpaired) electrons. The molecule has 3 heterocycles. The summed E-state index contributed by atoms with van der Waals surface area (Å²) in [5.74, 6) is -0.185. The van der Waals surface area contributed by atoms with E-state index in [9.17, 15) is 18.0 Å². The normalized spacial score (nSPS) is 27.2. The molecular formula is C19H28N4O5S. The highest BCUT2D eigenvalue weighted by atomic mass is 32.2. The lowest BCUT2D eigenvalue weighted by atomic mass is 9.88. The van der Waals surface area contributed by atoms with Crippen LogP contribution in [0.15, 0.2) is 10.7 Å². The summed E-state index contributed by atoms with van der Waals surface area (Å²) in [6.45, 7) is 5.53. The number of carbonyl (C=O) groups is 2. The Kier molecular flexibility index (Phi) is 5.18. The minimum atomic E-state index is -3.69. The molecule has 3 fully saturated rings. The van der Waals surface area contributed by atoms with Crippen molar-refractivity contribution in [1.82, 2.24) is 19.5 Å². The fourth-order valence-electron chi connectivity index (χ4n) is 4.61. The fourth-order valence-corrected chi connectivity index (χ4v) is 5.78. The number of carbonyl (C=O) groups excluding carboxylic acids is 2. The highest BCUT2D eigenvalue weighted by Crippen LogP contribution is 2.41. The summed E-state index contributed by atoms with van der Waals surface area (Å²) in [6, 6.07) is -0.988. The highest BCUT2D eigenvalue weighted by Gasteiger charge is 2.58. The van der Waals surface area contributed by atoms with E-state index in [1.165, 1.54) is 19.1 Å². The largest absolute Gasteiger partial charge is 0.447 e. The van der Waals surface area contributed by atoms with E-state index in [4.69, 9.17) is 4.42 Å². The van der Waals surface area contributed by atoms with Crippen LogP contribution in [0.4, 0.5) is 0 Å². The summed E-state index contributed by atoms with van der Waals surface area (Å²) < 4.78 is 30.9. The molecule has 1 saturated carbocycles. The molecule has 2 saturated heterocycles. The van der Waals surface area contributed by atoms with Gasteiger partial charge in [-0.05, 0) is 37.6 Å². The molecule has 1 aromatic heterocycles. The molecule has 0 aromatic carbocycles. The van der Waals surface area contributed by atoms with Gasteiger partial charge in [0.2, 0.25) is 21.8 Å². The Bertz CT molecular complexity index is 907. The molecule has 3 aliphatic rings. The zero-order valence-corrected chi connectivity index (χ0v) is 17.8. The lowest BCUT2D eigenvalue weighted by molar-refractivity contribution is -0.129. The quantitative estimate of drug-likeness (QED) is 0.690. The molecule has 1 aromatic rings. The summed E-state index contributed by atoms with van der Waals surface area (Å²) >= 11 is 0. The van der Waals surface area contributed by atoms with Crippen LogP contribution >= 0.6 is 0 Å². The number of nitrogens with one attached hydrogen (secondary N) is 1. The van der Waals surface area contributed by atoms with Crippen LogP contribution in [-0.2, 0) is 21.4 Å². The van der Waals surface area contributed by atoms with E-state index in [0.29, 0.717) is 25.4 Å². The fraction of sp³-hybridized carbons (Fsp3) is 0.737. The van der Waals surface area contributed by atoms with Gasteiger partial charge >= 0.3 is 0 Å². The van der Waals surface area contributed by atoms with Gasteiger partial charge in [-0.3, -0.25) is 9.59 Å². The number of oxazole rings is 1. The van der Waals surface area contributed by atoms with E-state index in [1.807, 2.05) is 13.8 Å². The van der Waals surface area contributed by atoms with Crippen molar-refractivity contribution in [3.8, 4) is 0 Å². The van der Waals surface area contributed by atoms with Crippen LogP contribution in [-0.4, -0.2) is 65.9 Å². The summed E-state index contributed by atoms with van der Waals surface area (Å²) in [5, 5.41) is 3.27. The van der Waals surface area contributed by atoms with E-state index in [-0.39, 0.29) is 17.5 Å². The number of amides is 2. The van der Waals surface area contributed by atoms with Crippen molar-refractivity contribution in [3.63, 3.8) is 0 Å². The number of aromatic nitrogens is 1. The van der Waals surface area contributed by atoms with Gasteiger partial charge in [-0.25, -0.2) is 17.7 Å². The van der Waals surface area contributed by atoms with Gasteiger partial charge in [-0.15, -0.1) is 0 Å². The standard InChI is InChI=1S/C19H28N4O5S/c1-11(2)16-17-14(23(19(16)25)29(3,26)27)6-7-22(17)18(24)13-10-28-15(21-13)9-20-8-12-4-5-12/h10-12,14,16-17,20H,4-9H2,1-3H3/t14-,16-,17-/m0/s1. The average molecular weight is 425 g/mol. The number of likely N-dealkylation sites (tertiary alicyclic amines) is 1. The molecule has 10 heteroatoms. The van der Waals surface area contributed by atoms with E-state index in [0.717, 1.165) is 23.0 Å². The third kappa shape index (κ3) is 3.79. The molecule has 0 spiro atoms. The van der Waals surface area contributed by atoms with Crippen molar-refractivity contribution in [1.29, 1.82) is 0 Å². The van der Waals surface area contributed by atoms with Gasteiger partial charge in [-0.1, -0.05) is 13.8 Å². The molecule has 0 unspecified atom stereocenters. The van der Waals surface area contributed by atoms with Crippen LogP contribution in [0.1, 0.15) is 49.5 Å². The van der Waals surface area contributed by atoms with Crippen molar-refractivity contribution in [2.24, 2.45) is 17.8 Å². The first-order valence-electron chi connectivity index (χ1n) is 10.2. The van der Waals surface area contributed by atoms with Crippen LogP contribution in [0.2, 0.25) is 0 Å². The van der Waals surface area contributed by atoms with Gasteiger partial charge in [0.15, 0.2) is 5.69 Å². The monoisotopic (exact) mass is 424 g/mol. The van der Waals surface area contributed by atoms with Crippen molar-refractivity contribution >= 4 is 21.8 Å². The zero-order chi connectivity index (χ0) is 20.9. The minimum Gasteiger partial charge on any atom is -0.447 e. The summed E-state index contributed by atoms with van der Waals surface area (Å²) in [4.78, 5) is 31.9. The van der Waals surface area contributed by atoms with E-state index < -0.39 is 33.9 Å².